The maximum absolute atomic E-state index is 8.70. The van der Waals surface area contributed by atoms with Gasteiger partial charge in [-0.05, 0) is 0 Å². The van der Waals surface area contributed by atoms with Crippen LogP contribution in [-0.2, 0) is 28.6 Å². The fraction of sp³-hybridized carbons (Fsp3) is 0. The molecule has 0 spiro atoms. The number of hydrogen-bond acceptors (Lipinski definition) is 2. The second-order valence-electron chi connectivity index (χ2n) is 0.505. The molecule has 0 aliphatic heterocycles. The third-order valence-corrected chi connectivity index (χ3v) is 0. The van der Waals surface area contributed by atoms with E-state index in [1.54, 1.807) is 0 Å². The van der Waals surface area contributed by atoms with Gasteiger partial charge in [-0.25, -0.2) is 0 Å². The first-order valence-corrected chi connectivity index (χ1v) is 3.50. The van der Waals surface area contributed by atoms with Gasteiger partial charge in [0.25, 0.3) is 0 Å². The van der Waals surface area contributed by atoms with Crippen LogP contribution in [0.5, 0.6) is 0 Å². The van der Waals surface area contributed by atoms with E-state index >= 15 is 0 Å². The van der Waals surface area contributed by atoms with E-state index in [4.69, 9.17) is 28.7 Å². The Morgan fingerprint density at radius 2 is 0.778 bits per heavy atom. The molecule has 0 radical (unpaired) electrons. The minimum Gasteiger partial charge on any atom is -0.134 e. The molecular formula is H4O6P2Zn+2. The molecule has 0 saturated carbocycles. The van der Waals surface area contributed by atoms with Crippen LogP contribution in [0.2, 0.25) is 0 Å². The molecule has 0 unspecified atom stereocenters. The van der Waals surface area contributed by atoms with Crippen molar-refractivity contribution < 1.29 is 48.2 Å². The Morgan fingerprint density at radius 1 is 0.778 bits per heavy atom. The van der Waals surface area contributed by atoms with Gasteiger partial charge in [-0.1, -0.05) is 0 Å². The molecule has 0 fully saturated rings. The van der Waals surface area contributed by atoms with Crippen LogP contribution in [0.3, 0.4) is 0 Å². The van der Waals surface area contributed by atoms with Crippen LogP contribution >= 0.6 is 16.5 Å². The average Bonchev–Trinajstić information content (AvgIpc) is 1.25. The van der Waals surface area contributed by atoms with Crippen LogP contribution in [0.4, 0.5) is 0 Å². The summed E-state index contributed by atoms with van der Waals surface area (Å²) in [7, 11) is -5.74. The van der Waals surface area contributed by atoms with E-state index in [1.165, 1.54) is 0 Å². The van der Waals surface area contributed by atoms with Crippen LogP contribution in [-0.4, -0.2) is 19.6 Å². The molecule has 9 heteroatoms. The second kappa shape index (κ2) is 11.5. The summed E-state index contributed by atoms with van der Waals surface area (Å²) in [5.74, 6) is 0. The fourth-order valence-corrected chi connectivity index (χ4v) is 0. The Hall–Kier alpha value is 0.663. The Bertz CT molecular complexity index is 69.1. The van der Waals surface area contributed by atoms with Gasteiger partial charge in [-0.15, -0.1) is 19.6 Å². The Labute approximate surface area is 65.2 Å². The van der Waals surface area contributed by atoms with Gasteiger partial charge < -0.3 is 0 Å². The van der Waals surface area contributed by atoms with Gasteiger partial charge >= 0.3 is 16.5 Å². The third-order valence-electron chi connectivity index (χ3n) is 0. The van der Waals surface area contributed by atoms with E-state index in [0.29, 0.717) is 0 Å². The summed E-state index contributed by atoms with van der Waals surface area (Å²) >= 11 is 0. The van der Waals surface area contributed by atoms with Crippen molar-refractivity contribution >= 4 is 16.5 Å². The van der Waals surface area contributed by atoms with Gasteiger partial charge in [-0.3, -0.25) is 0 Å². The van der Waals surface area contributed by atoms with Crippen molar-refractivity contribution in [2.75, 3.05) is 0 Å². The smallest absolute Gasteiger partial charge is 0.134 e. The first-order chi connectivity index (χ1) is 3.46. The van der Waals surface area contributed by atoms with Gasteiger partial charge in [-0.2, -0.15) is 0 Å². The second-order valence-corrected chi connectivity index (χ2v) is 1.52. The Morgan fingerprint density at radius 3 is 0.778 bits per heavy atom. The monoisotopic (exact) mass is 226 g/mol. The van der Waals surface area contributed by atoms with E-state index in [-0.39, 0.29) is 19.5 Å². The molecule has 0 aliphatic carbocycles. The Balaban J connectivity index is -0.0000000720. The van der Waals surface area contributed by atoms with Gasteiger partial charge in [0.1, 0.15) is 0 Å². The van der Waals surface area contributed by atoms with Crippen LogP contribution in [0.1, 0.15) is 0 Å². The van der Waals surface area contributed by atoms with E-state index in [1.807, 2.05) is 0 Å². The molecule has 6 nitrogen and oxygen atoms in total. The minimum absolute atomic E-state index is 0. The molecule has 4 N–H and O–H groups in total. The molecule has 0 saturated heterocycles. The summed E-state index contributed by atoms with van der Waals surface area (Å²) in [5, 5.41) is 0. The van der Waals surface area contributed by atoms with Crippen molar-refractivity contribution in [2.24, 2.45) is 0 Å². The summed E-state index contributed by atoms with van der Waals surface area (Å²) < 4.78 is 17.4. The third kappa shape index (κ3) is 874. The molecular weight excluding hydrogens is 223 g/mol. The SMILES string of the molecule is O=[P+](O)O.O=[P+](O)O.[Zn]. The predicted molar refractivity (Wildman–Crippen MR) is 24.1 cm³/mol. The molecule has 50 valence electrons. The quantitative estimate of drug-likeness (QED) is 0.320. The molecule has 9 heavy (non-hydrogen) atoms. The van der Waals surface area contributed by atoms with Crippen LogP contribution in [0, 0.1) is 0 Å². The molecule has 0 atom stereocenters. The molecule has 0 amide bonds. The van der Waals surface area contributed by atoms with Crippen molar-refractivity contribution in [3.63, 3.8) is 0 Å². The first-order valence-electron chi connectivity index (χ1n) is 1.17. The molecule has 0 aromatic rings. The van der Waals surface area contributed by atoms with Crippen molar-refractivity contribution in [1.82, 2.24) is 0 Å². The molecule has 0 heterocycles. The molecule has 0 aromatic carbocycles. The number of rotatable bonds is 0. The molecule has 0 aromatic heterocycles. The zero-order valence-electron chi connectivity index (χ0n) is 4.21. The van der Waals surface area contributed by atoms with Crippen molar-refractivity contribution in [1.29, 1.82) is 0 Å². The standard InChI is InChI=1S/2HO3P.Zn/c2*1-4(2)3;/h2*(H-,1,2,3);/p+2. The zero-order valence-corrected chi connectivity index (χ0v) is 8.96. The summed E-state index contributed by atoms with van der Waals surface area (Å²) in [4.78, 5) is 28.5. The normalized spacial score (nSPS) is 5.78. The van der Waals surface area contributed by atoms with Gasteiger partial charge in [0.05, 0.1) is 0 Å². The first kappa shape index (κ1) is 16.3. The summed E-state index contributed by atoms with van der Waals surface area (Å²) in [6, 6.07) is 0. The van der Waals surface area contributed by atoms with Crippen LogP contribution in [0.15, 0.2) is 0 Å². The zero-order chi connectivity index (χ0) is 7.15. The Kier molecular flexibility index (Phi) is 20.8. The summed E-state index contributed by atoms with van der Waals surface area (Å²) in [6.07, 6.45) is 0. The van der Waals surface area contributed by atoms with Gasteiger partial charge in [0.15, 0.2) is 0 Å². The average molecular weight is 227 g/mol. The maximum atomic E-state index is 8.70. The van der Waals surface area contributed by atoms with E-state index in [9.17, 15) is 0 Å². The summed E-state index contributed by atoms with van der Waals surface area (Å²) in [5.41, 5.74) is 0. The van der Waals surface area contributed by atoms with Gasteiger partial charge in [0.2, 0.25) is 0 Å². The van der Waals surface area contributed by atoms with Crippen LogP contribution in [0.25, 0.3) is 0 Å². The van der Waals surface area contributed by atoms with E-state index < -0.39 is 16.5 Å². The van der Waals surface area contributed by atoms with Crippen molar-refractivity contribution in [3.05, 3.63) is 0 Å². The van der Waals surface area contributed by atoms with E-state index in [0.717, 1.165) is 0 Å². The molecule has 0 bridgehead atoms. The molecule has 0 rings (SSSR count). The number of hydrogen-bond donors (Lipinski definition) is 4. The summed E-state index contributed by atoms with van der Waals surface area (Å²) in [6.45, 7) is 0. The minimum atomic E-state index is -2.87. The van der Waals surface area contributed by atoms with E-state index in [2.05, 4.69) is 0 Å². The fourth-order valence-electron chi connectivity index (χ4n) is 0. The van der Waals surface area contributed by atoms with Crippen LogP contribution < -0.4 is 0 Å². The topological polar surface area (TPSA) is 115 Å². The van der Waals surface area contributed by atoms with Crippen molar-refractivity contribution in [3.8, 4) is 0 Å². The van der Waals surface area contributed by atoms with Crippen molar-refractivity contribution in [2.45, 2.75) is 0 Å². The maximum Gasteiger partial charge on any atom is 0.692 e. The predicted octanol–water partition coefficient (Wildman–Crippen LogP) is -0.746. The molecule has 0 aliphatic rings. The van der Waals surface area contributed by atoms with Gasteiger partial charge in [0, 0.05) is 28.6 Å². The largest absolute Gasteiger partial charge is 0.692 e.